The quantitative estimate of drug-likeness (QED) is 0.472. The summed E-state index contributed by atoms with van der Waals surface area (Å²) in [5.41, 5.74) is 1.91. The highest BCUT2D eigenvalue weighted by atomic mass is 32.2. The van der Waals surface area contributed by atoms with Gasteiger partial charge >= 0.3 is 0 Å². The molecule has 0 aliphatic rings. The number of thioether (sulfide) groups is 1. The van der Waals surface area contributed by atoms with Crippen LogP contribution in [-0.2, 0) is 23.5 Å². The van der Waals surface area contributed by atoms with Crippen LogP contribution in [-0.4, -0.2) is 20.9 Å². The molecular formula is C20H19FN4O2S. The molecule has 1 amide bonds. The highest BCUT2D eigenvalue weighted by Gasteiger charge is 2.13. The number of benzene rings is 1. The molecule has 0 bridgehead atoms. The lowest BCUT2D eigenvalue weighted by atomic mass is 10.1. The van der Waals surface area contributed by atoms with Gasteiger partial charge in [0.2, 0.25) is 5.91 Å². The first-order valence-corrected chi connectivity index (χ1v) is 9.63. The summed E-state index contributed by atoms with van der Waals surface area (Å²) in [6, 6.07) is 10.1. The van der Waals surface area contributed by atoms with Crippen LogP contribution in [0.2, 0.25) is 0 Å². The molecule has 28 heavy (non-hydrogen) atoms. The van der Waals surface area contributed by atoms with E-state index in [1.807, 2.05) is 12.1 Å². The topological polar surface area (TPSA) is 87.7 Å². The second-order valence-corrected chi connectivity index (χ2v) is 7.09. The maximum Gasteiger partial charge on any atom is 0.255 e. The van der Waals surface area contributed by atoms with Crippen molar-refractivity contribution in [2.75, 3.05) is 0 Å². The Morgan fingerprint density at radius 2 is 1.96 bits per heavy atom. The van der Waals surface area contributed by atoms with Crippen LogP contribution in [0.3, 0.4) is 0 Å². The van der Waals surface area contributed by atoms with Crippen molar-refractivity contribution in [2.45, 2.75) is 30.8 Å². The number of carbonyl (C=O) groups excluding carboxylic acids is 1. The third-order valence-corrected chi connectivity index (χ3v) is 5.02. The van der Waals surface area contributed by atoms with Gasteiger partial charge in [0.25, 0.3) is 5.56 Å². The Morgan fingerprint density at radius 1 is 1.21 bits per heavy atom. The van der Waals surface area contributed by atoms with E-state index in [1.54, 1.807) is 37.5 Å². The number of nitrogens with zero attached hydrogens (tertiary/aromatic N) is 2. The number of aromatic nitrogens is 3. The lowest BCUT2D eigenvalue weighted by Crippen LogP contribution is -2.28. The number of nitrogens with one attached hydrogen (secondary N) is 2. The van der Waals surface area contributed by atoms with Gasteiger partial charge in [0.15, 0.2) is 5.16 Å². The average molecular weight is 398 g/mol. The van der Waals surface area contributed by atoms with E-state index in [9.17, 15) is 14.0 Å². The first-order valence-electron chi connectivity index (χ1n) is 8.64. The van der Waals surface area contributed by atoms with Crippen LogP contribution in [0.15, 0.2) is 58.7 Å². The van der Waals surface area contributed by atoms with Crippen LogP contribution in [0.25, 0.3) is 0 Å². The summed E-state index contributed by atoms with van der Waals surface area (Å²) in [6.45, 7) is 2.05. The van der Waals surface area contributed by atoms with E-state index in [-0.39, 0.29) is 23.7 Å². The van der Waals surface area contributed by atoms with E-state index in [2.05, 4.69) is 20.3 Å². The normalized spacial score (nSPS) is 10.6. The predicted octanol–water partition coefficient (Wildman–Crippen LogP) is 2.76. The highest BCUT2D eigenvalue weighted by molar-refractivity contribution is 7.98. The molecule has 2 heterocycles. The molecule has 1 aromatic carbocycles. The number of rotatable bonds is 7. The zero-order chi connectivity index (χ0) is 19.9. The zero-order valence-corrected chi connectivity index (χ0v) is 16.1. The molecule has 0 unspecified atom stereocenters. The number of aromatic amines is 1. The number of hydrogen-bond donors (Lipinski definition) is 2. The summed E-state index contributed by atoms with van der Waals surface area (Å²) >= 11 is 1.24. The first-order chi connectivity index (χ1) is 13.5. The molecular weight excluding hydrogens is 379 g/mol. The molecule has 2 aromatic heterocycles. The molecule has 6 nitrogen and oxygen atoms in total. The maximum atomic E-state index is 13.7. The predicted molar refractivity (Wildman–Crippen MR) is 105 cm³/mol. The minimum Gasteiger partial charge on any atom is -0.352 e. The summed E-state index contributed by atoms with van der Waals surface area (Å²) in [5.74, 6) is -0.212. The second kappa shape index (κ2) is 9.27. The minimum atomic E-state index is -0.359. The van der Waals surface area contributed by atoms with Crippen molar-refractivity contribution in [1.29, 1.82) is 0 Å². The van der Waals surface area contributed by atoms with Crippen molar-refractivity contribution in [3.8, 4) is 0 Å². The standard InChI is InChI=1S/C20H19FN4O2S/c1-13-16(10-18(26)23-11-14-6-8-22-9-7-14)19(27)25-20(24-13)28-12-15-4-2-3-5-17(15)21/h2-9H,10-12H2,1H3,(H,23,26)(H,24,25,27). The molecule has 0 radical (unpaired) electrons. The summed E-state index contributed by atoms with van der Waals surface area (Å²) in [4.78, 5) is 35.5. The van der Waals surface area contributed by atoms with Crippen molar-refractivity contribution < 1.29 is 9.18 Å². The molecule has 3 aromatic rings. The van der Waals surface area contributed by atoms with Gasteiger partial charge < -0.3 is 10.3 Å². The Labute approximate surface area is 165 Å². The lowest BCUT2D eigenvalue weighted by Gasteiger charge is -2.08. The zero-order valence-electron chi connectivity index (χ0n) is 15.2. The third kappa shape index (κ3) is 5.26. The molecule has 144 valence electrons. The monoisotopic (exact) mass is 398 g/mol. The molecule has 0 aliphatic carbocycles. The maximum absolute atomic E-state index is 13.7. The van der Waals surface area contributed by atoms with Gasteiger partial charge in [-0.15, -0.1) is 0 Å². The van der Waals surface area contributed by atoms with Crippen molar-refractivity contribution in [2.24, 2.45) is 0 Å². The second-order valence-electron chi connectivity index (χ2n) is 6.12. The number of H-pyrrole nitrogens is 1. The largest absolute Gasteiger partial charge is 0.352 e. The number of pyridine rings is 1. The van der Waals surface area contributed by atoms with E-state index in [0.29, 0.717) is 34.3 Å². The Balaban J connectivity index is 1.62. The van der Waals surface area contributed by atoms with Gasteiger partial charge in [0.05, 0.1) is 6.42 Å². The van der Waals surface area contributed by atoms with Crippen LogP contribution in [0.1, 0.15) is 22.4 Å². The molecule has 3 rings (SSSR count). The first kappa shape index (κ1) is 19.8. The van der Waals surface area contributed by atoms with Crippen LogP contribution >= 0.6 is 11.8 Å². The number of hydrogen-bond acceptors (Lipinski definition) is 5. The summed E-state index contributed by atoms with van der Waals surface area (Å²) in [6.07, 6.45) is 3.24. The fourth-order valence-electron chi connectivity index (χ4n) is 2.55. The smallest absolute Gasteiger partial charge is 0.255 e. The van der Waals surface area contributed by atoms with E-state index in [0.717, 1.165) is 5.56 Å². The molecule has 0 saturated carbocycles. The summed E-state index contributed by atoms with van der Waals surface area (Å²) in [5, 5.41) is 3.17. The SMILES string of the molecule is Cc1nc(SCc2ccccc2F)[nH]c(=O)c1CC(=O)NCc1ccncc1. The Hall–Kier alpha value is -3.00. The van der Waals surface area contributed by atoms with E-state index in [4.69, 9.17) is 0 Å². The fourth-order valence-corrected chi connectivity index (χ4v) is 3.44. The Morgan fingerprint density at radius 3 is 2.68 bits per heavy atom. The molecule has 0 fully saturated rings. The van der Waals surface area contributed by atoms with Gasteiger partial charge in [-0.25, -0.2) is 9.37 Å². The molecule has 0 spiro atoms. The molecule has 2 N–H and O–H groups in total. The molecule has 0 atom stereocenters. The van der Waals surface area contributed by atoms with Crippen LogP contribution < -0.4 is 10.9 Å². The number of carbonyl (C=O) groups is 1. The minimum absolute atomic E-state index is 0.0580. The summed E-state index contributed by atoms with van der Waals surface area (Å²) < 4.78 is 13.7. The van der Waals surface area contributed by atoms with Gasteiger partial charge in [-0.05, 0) is 36.2 Å². The van der Waals surface area contributed by atoms with E-state index < -0.39 is 0 Å². The number of halogens is 1. The van der Waals surface area contributed by atoms with Gasteiger partial charge in [-0.3, -0.25) is 14.6 Å². The van der Waals surface area contributed by atoms with Gasteiger partial charge in [-0.1, -0.05) is 30.0 Å². The van der Waals surface area contributed by atoms with Gasteiger partial charge in [0.1, 0.15) is 5.82 Å². The molecule has 0 aliphatic heterocycles. The summed E-state index contributed by atoms with van der Waals surface area (Å²) in [7, 11) is 0. The van der Waals surface area contributed by atoms with Crippen LogP contribution in [0.5, 0.6) is 0 Å². The fraction of sp³-hybridized carbons (Fsp3) is 0.200. The highest BCUT2D eigenvalue weighted by Crippen LogP contribution is 2.20. The van der Waals surface area contributed by atoms with Crippen molar-refractivity contribution in [3.05, 3.63) is 87.3 Å². The Bertz CT molecular complexity index is 1020. The van der Waals surface area contributed by atoms with Crippen molar-refractivity contribution in [1.82, 2.24) is 20.3 Å². The third-order valence-electron chi connectivity index (χ3n) is 4.10. The number of aryl methyl sites for hydroxylation is 1. The Kier molecular flexibility index (Phi) is 6.54. The van der Waals surface area contributed by atoms with E-state index >= 15 is 0 Å². The van der Waals surface area contributed by atoms with E-state index in [1.165, 1.54) is 17.8 Å². The lowest BCUT2D eigenvalue weighted by molar-refractivity contribution is -0.120. The van der Waals surface area contributed by atoms with Gasteiger partial charge in [-0.2, -0.15) is 0 Å². The molecule has 0 saturated heterocycles. The van der Waals surface area contributed by atoms with Crippen LogP contribution in [0, 0.1) is 12.7 Å². The average Bonchev–Trinajstić information content (AvgIpc) is 2.69. The van der Waals surface area contributed by atoms with Crippen molar-refractivity contribution >= 4 is 17.7 Å². The molecule has 8 heteroatoms. The van der Waals surface area contributed by atoms with Crippen LogP contribution in [0.4, 0.5) is 4.39 Å². The van der Waals surface area contributed by atoms with Gasteiger partial charge in [0, 0.05) is 35.9 Å². The van der Waals surface area contributed by atoms with Crippen molar-refractivity contribution in [3.63, 3.8) is 0 Å². The number of amides is 1.